The van der Waals surface area contributed by atoms with E-state index in [1.165, 1.54) is 0 Å². The van der Waals surface area contributed by atoms with Crippen LogP contribution in [0.3, 0.4) is 0 Å². The van der Waals surface area contributed by atoms with Gasteiger partial charge < -0.3 is 9.29 Å². The van der Waals surface area contributed by atoms with Gasteiger partial charge in [0.05, 0.1) is 0 Å². The highest BCUT2D eigenvalue weighted by Gasteiger charge is 2.49. The highest BCUT2D eigenvalue weighted by atomic mass is 32.2. The number of aliphatic hydroxyl groups excluding tert-OH is 1. The summed E-state index contributed by atoms with van der Waals surface area (Å²) in [5, 5.41) is 7.86. The zero-order chi connectivity index (χ0) is 9.99. The predicted octanol–water partition coefficient (Wildman–Crippen LogP) is -0.628. The normalized spacial score (nSPS) is 12.7. The minimum absolute atomic E-state index is 1.44. The highest BCUT2D eigenvalue weighted by molar-refractivity contribution is 7.88. The largest absolute Gasteiger partial charge is 0.534 e. The van der Waals surface area contributed by atoms with Crippen molar-refractivity contribution < 1.29 is 35.7 Å². The summed E-state index contributed by atoms with van der Waals surface area (Å²) >= 11 is 0. The lowest BCUT2D eigenvalue weighted by molar-refractivity contribution is -0.139. The van der Waals surface area contributed by atoms with Crippen LogP contribution in [0.25, 0.3) is 0 Å². The van der Waals surface area contributed by atoms with Gasteiger partial charge in [-0.1, -0.05) is 0 Å². The van der Waals surface area contributed by atoms with Crippen molar-refractivity contribution in [1.29, 1.82) is 0 Å². The van der Waals surface area contributed by atoms with Crippen LogP contribution in [-0.4, -0.2) is 31.6 Å². The molecule has 5 nitrogen and oxygen atoms in total. The molecule has 0 aromatic rings. The number of carbonyl (C=O) groups excluding carboxylic acids is 1. The Morgan fingerprint density at radius 1 is 1.42 bits per heavy atom. The molecule has 9 heteroatoms. The Labute approximate surface area is 64.9 Å². The summed E-state index contributed by atoms with van der Waals surface area (Å²) in [4.78, 5) is 9.92. The molecule has 0 fully saturated rings. The zero-order valence-electron chi connectivity index (χ0n) is 5.33. The molecule has 0 aromatic heterocycles. The fourth-order valence-corrected chi connectivity index (χ4v) is 0.588. The lowest BCUT2D eigenvalue weighted by Crippen LogP contribution is -2.29. The Hall–Kier alpha value is -0.830. The fourth-order valence-electron chi connectivity index (χ4n) is 0.196. The van der Waals surface area contributed by atoms with Crippen LogP contribution >= 0.6 is 0 Å². The van der Waals surface area contributed by atoms with Gasteiger partial charge in [-0.25, -0.2) is 4.79 Å². The summed E-state index contributed by atoms with van der Waals surface area (Å²) in [6.07, 6.45) is 0. The summed E-state index contributed by atoms with van der Waals surface area (Å²) in [5.74, 6) is -1.88. The standard InChI is InChI=1S/C3H3F3O5S/c4-3(5,6)12(9,10)11-2(8)1-7/h7H,1H2. The average Bonchev–Trinajstić information content (AvgIpc) is 1.84. The van der Waals surface area contributed by atoms with Crippen LogP contribution in [0.4, 0.5) is 13.2 Å². The fraction of sp³-hybridized carbons (Fsp3) is 0.667. The molecule has 0 saturated heterocycles. The van der Waals surface area contributed by atoms with Crippen molar-refractivity contribution in [2.45, 2.75) is 5.51 Å². The average molecular weight is 208 g/mol. The van der Waals surface area contributed by atoms with Crippen molar-refractivity contribution in [3.63, 3.8) is 0 Å². The second kappa shape index (κ2) is 3.27. The molecule has 0 aromatic carbocycles. The number of hydrogen-bond donors (Lipinski definition) is 1. The topological polar surface area (TPSA) is 80.7 Å². The van der Waals surface area contributed by atoms with E-state index in [1.807, 2.05) is 0 Å². The first-order valence-corrected chi connectivity index (χ1v) is 3.76. The van der Waals surface area contributed by atoms with Crippen molar-refractivity contribution in [1.82, 2.24) is 0 Å². The number of aliphatic hydroxyl groups is 1. The maximum atomic E-state index is 11.4. The third kappa shape index (κ3) is 2.66. The first kappa shape index (κ1) is 11.2. The summed E-state index contributed by atoms with van der Waals surface area (Å²) in [6, 6.07) is 0. The van der Waals surface area contributed by atoms with E-state index in [0.29, 0.717) is 0 Å². The monoisotopic (exact) mass is 208 g/mol. The Morgan fingerprint density at radius 3 is 2.08 bits per heavy atom. The third-order valence-corrected chi connectivity index (χ3v) is 1.59. The molecule has 72 valence electrons. The minimum atomic E-state index is -5.92. The quantitative estimate of drug-likeness (QED) is 0.482. The zero-order valence-corrected chi connectivity index (χ0v) is 6.15. The molecule has 1 N–H and O–H groups in total. The molecule has 0 aliphatic carbocycles. The number of alkyl halides is 3. The molecule has 0 heterocycles. The van der Waals surface area contributed by atoms with E-state index in [1.54, 1.807) is 0 Å². The Balaban J connectivity index is 4.58. The summed E-state index contributed by atoms with van der Waals surface area (Å²) in [6.45, 7) is -1.44. The predicted molar refractivity (Wildman–Crippen MR) is 28.2 cm³/mol. The van der Waals surface area contributed by atoms with E-state index in [9.17, 15) is 26.4 Å². The molecule has 12 heavy (non-hydrogen) atoms. The lowest BCUT2D eigenvalue weighted by atomic mass is 10.8. The van der Waals surface area contributed by atoms with E-state index < -0.39 is 28.2 Å². The van der Waals surface area contributed by atoms with Gasteiger partial charge in [0.15, 0.2) is 0 Å². The molecule has 0 spiro atoms. The van der Waals surface area contributed by atoms with E-state index in [2.05, 4.69) is 4.18 Å². The molecule has 0 bridgehead atoms. The van der Waals surface area contributed by atoms with Gasteiger partial charge in [-0.15, -0.1) is 0 Å². The first-order chi connectivity index (χ1) is 5.20. The second-order valence-corrected chi connectivity index (χ2v) is 3.05. The van der Waals surface area contributed by atoms with Crippen LogP contribution in [0.2, 0.25) is 0 Å². The summed E-state index contributed by atoms with van der Waals surface area (Å²) in [7, 11) is -5.92. The van der Waals surface area contributed by atoms with E-state index in [-0.39, 0.29) is 0 Å². The van der Waals surface area contributed by atoms with E-state index >= 15 is 0 Å². The van der Waals surface area contributed by atoms with Crippen LogP contribution in [0.5, 0.6) is 0 Å². The first-order valence-electron chi connectivity index (χ1n) is 2.35. The smallest absolute Gasteiger partial charge is 0.385 e. The Morgan fingerprint density at radius 2 is 1.83 bits per heavy atom. The SMILES string of the molecule is O=C(CO)OS(=O)(=O)C(F)(F)F. The molecular weight excluding hydrogens is 205 g/mol. The molecule has 0 aliphatic heterocycles. The van der Waals surface area contributed by atoms with Gasteiger partial charge in [0.1, 0.15) is 6.61 Å². The lowest BCUT2D eigenvalue weighted by Gasteiger charge is -2.05. The molecule has 0 aliphatic rings. The molecule has 0 radical (unpaired) electrons. The Bertz CT molecular complexity index is 264. The molecule has 0 saturated carbocycles. The molecule has 0 rings (SSSR count). The van der Waals surface area contributed by atoms with Crippen LogP contribution in [-0.2, 0) is 19.1 Å². The van der Waals surface area contributed by atoms with Crippen molar-refractivity contribution in [2.24, 2.45) is 0 Å². The van der Waals surface area contributed by atoms with E-state index in [4.69, 9.17) is 5.11 Å². The van der Waals surface area contributed by atoms with Gasteiger partial charge >= 0.3 is 21.6 Å². The maximum absolute atomic E-state index is 11.4. The molecule has 0 atom stereocenters. The van der Waals surface area contributed by atoms with Crippen molar-refractivity contribution in [2.75, 3.05) is 6.61 Å². The van der Waals surface area contributed by atoms with Crippen LogP contribution in [0.1, 0.15) is 0 Å². The number of halogens is 3. The highest BCUT2D eigenvalue weighted by Crippen LogP contribution is 2.24. The van der Waals surface area contributed by atoms with Crippen molar-refractivity contribution in [3.8, 4) is 0 Å². The van der Waals surface area contributed by atoms with Crippen molar-refractivity contribution >= 4 is 16.1 Å². The van der Waals surface area contributed by atoms with Crippen LogP contribution in [0, 0.1) is 0 Å². The number of carbonyl (C=O) groups is 1. The number of rotatable bonds is 2. The Kier molecular flexibility index (Phi) is 3.04. The van der Waals surface area contributed by atoms with Gasteiger partial charge in [-0.3, -0.25) is 0 Å². The minimum Gasteiger partial charge on any atom is -0.385 e. The number of hydrogen-bond acceptors (Lipinski definition) is 5. The second-order valence-electron chi connectivity index (χ2n) is 1.51. The van der Waals surface area contributed by atoms with Gasteiger partial charge in [-0.2, -0.15) is 21.6 Å². The molecule has 0 unspecified atom stereocenters. The maximum Gasteiger partial charge on any atom is 0.534 e. The summed E-state index contributed by atoms with van der Waals surface area (Å²) in [5.41, 5.74) is -5.65. The van der Waals surface area contributed by atoms with Gasteiger partial charge in [0.2, 0.25) is 0 Å². The van der Waals surface area contributed by atoms with Gasteiger partial charge in [-0.05, 0) is 0 Å². The molecule has 0 amide bonds. The summed E-state index contributed by atoms with van der Waals surface area (Å²) < 4.78 is 56.9. The third-order valence-electron chi connectivity index (χ3n) is 0.615. The van der Waals surface area contributed by atoms with Crippen LogP contribution < -0.4 is 0 Å². The van der Waals surface area contributed by atoms with Gasteiger partial charge in [0, 0.05) is 0 Å². The van der Waals surface area contributed by atoms with E-state index in [0.717, 1.165) is 0 Å². The van der Waals surface area contributed by atoms with Crippen molar-refractivity contribution in [3.05, 3.63) is 0 Å². The molecular formula is C3H3F3O5S. The van der Waals surface area contributed by atoms with Crippen LogP contribution in [0.15, 0.2) is 0 Å². The van der Waals surface area contributed by atoms with Gasteiger partial charge in [0.25, 0.3) is 0 Å².